The van der Waals surface area contributed by atoms with Gasteiger partial charge in [-0.05, 0) is 73.4 Å². The summed E-state index contributed by atoms with van der Waals surface area (Å²) in [6, 6.07) is 31.0. The second-order valence-electron chi connectivity index (χ2n) is 7.44. The topological polar surface area (TPSA) is 20.2 Å². The summed E-state index contributed by atoms with van der Waals surface area (Å²) in [5, 5.41) is 19.8. The highest BCUT2D eigenvalue weighted by Gasteiger charge is 2.12. The molecule has 0 aliphatic rings. The summed E-state index contributed by atoms with van der Waals surface area (Å²) in [6.45, 7) is 0. The molecule has 0 fully saturated rings. The average molecular weight is 368 g/mol. The van der Waals surface area contributed by atoms with Gasteiger partial charge >= 0.3 is 0 Å². The molecule has 0 amide bonds. The van der Waals surface area contributed by atoms with E-state index in [1.54, 1.807) is 12.1 Å². The van der Waals surface area contributed by atoms with Gasteiger partial charge in [0.25, 0.3) is 0 Å². The molecule has 1 heteroatoms. The lowest BCUT2D eigenvalue weighted by atomic mass is 9.89. The highest BCUT2D eigenvalue weighted by molar-refractivity contribution is 6.32. The molecule has 0 aromatic heterocycles. The van der Waals surface area contributed by atoms with Crippen LogP contribution in [-0.2, 0) is 0 Å². The van der Waals surface area contributed by atoms with Crippen LogP contribution in [0.15, 0.2) is 91.0 Å². The van der Waals surface area contributed by atoms with Gasteiger partial charge in [-0.2, -0.15) is 0 Å². The fourth-order valence-electron chi connectivity index (χ4n) is 4.45. The molecule has 0 aliphatic carbocycles. The van der Waals surface area contributed by atoms with Gasteiger partial charge in [0, 0.05) is 11.1 Å². The van der Waals surface area contributed by atoms with E-state index in [0.29, 0.717) is 0 Å². The van der Waals surface area contributed by atoms with Gasteiger partial charge in [-0.3, -0.25) is 0 Å². The number of hydrogen-bond donors (Lipinski definition) is 1. The van der Waals surface area contributed by atoms with E-state index in [0.717, 1.165) is 11.1 Å². The predicted octanol–water partition coefficient (Wildman–Crippen LogP) is 6.84. The van der Waals surface area contributed by atoms with Crippen molar-refractivity contribution in [2.24, 2.45) is 0 Å². The van der Waals surface area contributed by atoms with Gasteiger partial charge in [-0.25, -0.2) is 0 Å². The Hall–Kier alpha value is -4.02. The quantitative estimate of drug-likeness (QED) is 0.177. The molecule has 0 bridgehead atoms. The van der Waals surface area contributed by atoms with E-state index in [2.05, 4.69) is 78.6 Å². The van der Waals surface area contributed by atoms with Crippen LogP contribution in [0.25, 0.3) is 43.1 Å². The second-order valence-corrected chi connectivity index (χ2v) is 7.44. The third-order valence-corrected chi connectivity index (χ3v) is 5.66. The Balaban J connectivity index is 1.71. The van der Waals surface area contributed by atoms with Crippen LogP contribution in [0, 0.1) is 11.8 Å². The molecule has 0 spiro atoms. The molecule has 1 N–H and O–H groups in total. The number of fused-ring (bicyclic) bond motifs is 2. The van der Waals surface area contributed by atoms with Gasteiger partial charge < -0.3 is 5.11 Å². The van der Waals surface area contributed by atoms with Crippen LogP contribution in [0.3, 0.4) is 0 Å². The van der Waals surface area contributed by atoms with Crippen LogP contribution in [0.4, 0.5) is 0 Å². The van der Waals surface area contributed by atoms with Gasteiger partial charge in [-0.1, -0.05) is 72.5 Å². The van der Waals surface area contributed by atoms with Crippen LogP contribution in [0.2, 0.25) is 0 Å². The molecule has 6 aromatic rings. The second kappa shape index (κ2) is 5.99. The van der Waals surface area contributed by atoms with Crippen molar-refractivity contribution in [3.63, 3.8) is 0 Å². The molecule has 134 valence electrons. The maximum atomic E-state index is 9.68. The zero-order valence-corrected chi connectivity index (χ0v) is 15.6. The van der Waals surface area contributed by atoms with E-state index >= 15 is 0 Å². The molecule has 0 saturated heterocycles. The van der Waals surface area contributed by atoms with Gasteiger partial charge in [-0.15, -0.1) is 0 Å². The van der Waals surface area contributed by atoms with E-state index in [4.69, 9.17) is 0 Å². The standard InChI is InChI=1S/C28H16O/c29-22-9-1-5-18(16-22)13-14-19-15-21-8-4-11-24-23-10-2-6-20-7-3-12-25(27(20)23)26(17-19)28(21)24/h1-12,15-17,29H. The number of phenols is 1. The van der Waals surface area contributed by atoms with E-state index < -0.39 is 0 Å². The highest BCUT2D eigenvalue weighted by Crippen LogP contribution is 2.40. The van der Waals surface area contributed by atoms with Crippen LogP contribution in [-0.4, -0.2) is 5.11 Å². The summed E-state index contributed by atoms with van der Waals surface area (Å²) in [4.78, 5) is 0. The van der Waals surface area contributed by atoms with Gasteiger partial charge in [0.15, 0.2) is 0 Å². The maximum absolute atomic E-state index is 9.68. The lowest BCUT2D eigenvalue weighted by Gasteiger charge is -2.14. The van der Waals surface area contributed by atoms with Gasteiger partial charge in [0.05, 0.1) is 0 Å². The zero-order chi connectivity index (χ0) is 19.4. The Kier molecular flexibility index (Phi) is 3.30. The van der Waals surface area contributed by atoms with Crippen LogP contribution >= 0.6 is 0 Å². The normalized spacial score (nSPS) is 11.3. The first-order valence-corrected chi connectivity index (χ1v) is 9.68. The van der Waals surface area contributed by atoms with Crippen molar-refractivity contribution < 1.29 is 5.11 Å². The third-order valence-electron chi connectivity index (χ3n) is 5.66. The molecule has 6 rings (SSSR count). The van der Waals surface area contributed by atoms with Crippen molar-refractivity contribution in [3.05, 3.63) is 102 Å². The molecular formula is C28H16O. The SMILES string of the molecule is Oc1cccc(C#Cc2cc3cccc4c5cccc6cccc(c(c2)c34)c65)c1. The largest absolute Gasteiger partial charge is 0.508 e. The van der Waals surface area contributed by atoms with E-state index in [9.17, 15) is 5.11 Å². The van der Waals surface area contributed by atoms with Crippen molar-refractivity contribution in [2.45, 2.75) is 0 Å². The molecule has 0 unspecified atom stereocenters. The van der Waals surface area contributed by atoms with Crippen molar-refractivity contribution >= 4 is 43.1 Å². The van der Waals surface area contributed by atoms with Crippen molar-refractivity contribution in [2.75, 3.05) is 0 Å². The summed E-state index contributed by atoms with van der Waals surface area (Å²) in [7, 11) is 0. The van der Waals surface area contributed by atoms with E-state index in [-0.39, 0.29) is 5.75 Å². The van der Waals surface area contributed by atoms with E-state index in [1.165, 1.54) is 43.1 Å². The van der Waals surface area contributed by atoms with Crippen molar-refractivity contribution in [1.82, 2.24) is 0 Å². The minimum absolute atomic E-state index is 0.235. The lowest BCUT2D eigenvalue weighted by molar-refractivity contribution is 0.475. The molecule has 0 aliphatic heterocycles. The minimum atomic E-state index is 0.235. The van der Waals surface area contributed by atoms with Gasteiger partial charge in [0.1, 0.15) is 5.75 Å². The maximum Gasteiger partial charge on any atom is 0.116 e. The summed E-state index contributed by atoms with van der Waals surface area (Å²) in [5.41, 5.74) is 1.78. The first-order chi connectivity index (χ1) is 14.3. The van der Waals surface area contributed by atoms with E-state index in [1.807, 2.05) is 12.1 Å². The smallest absolute Gasteiger partial charge is 0.116 e. The fourth-order valence-corrected chi connectivity index (χ4v) is 4.45. The Morgan fingerprint density at radius 1 is 0.483 bits per heavy atom. The molecular weight excluding hydrogens is 352 g/mol. The molecule has 0 heterocycles. The monoisotopic (exact) mass is 368 g/mol. The molecule has 0 saturated carbocycles. The molecule has 0 atom stereocenters. The molecule has 6 aromatic carbocycles. The fraction of sp³-hybridized carbons (Fsp3) is 0. The summed E-state index contributed by atoms with van der Waals surface area (Å²) in [6.07, 6.45) is 0. The zero-order valence-electron chi connectivity index (χ0n) is 15.6. The lowest BCUT2D eigenvalue weighted by Crippen LogP contribution is -1.88. The summed E-state index contributed by atoms with van der Waals surface area (Å²) < 4.78 is 0. The Morgan fingerprint density at radius 3 is 1.79 bits per heavy atom. The minimum Gasteiger partial charge on any atom is -0.508 e. The van der Waals surface area contributed by atoms with Crippen LogP contribution in [0.5, 0.6) is 5.75 Å². The number of hydrogen-bond acceptors (Lipinski definition) is 1. The van der Waals surface area contributed by atoms with Crippen molar-refractivity contribution in [3.8, 4) is 17.6 Å². The van der Waals surface area contributed by atoms with Crippen molar-refractivity contribution in [1.29, 1.82) is 0 Å². The summed E-state index contributed by atoms with van der Waals surface area (Å²) in [5.74, 6) is 6.71. The number of aromatic hydroxyl groups is 1. The third kappa shape index (κ3) is 2.43. The van der Waals surface area contributed by atoms with Crippen LogP contribution in [0.1, 0.15) is 11.1 Å². The average Bonchev–Trinajstić information content (AvgIpc) is 2.75. The Labute approximate surface area is 168 Å². The highest BCUT2D eigenvalue weighted by atomic mass is 16.3. The van der Waals surface area contributed by atoms with Gasteiger partial charge in [0.2, 0.25) is 0 Å². The Morgan fingerprint density at radius 2 is 1.07 bits per heavy atom. The molecule has 29 heavy (non-hydrogen) atoms. The predicted molar refractivity (Wildman–Crippen MR) is 122 cm³/mol. The number of rotatable bonds is 0. The summed E-state index contributed by atoms with van der Waals surface area (Å²) >= 11 is 0. The number of benzene rings is 6. The first-order valence-electron chi connectivity index (χ1n) is 9.68. The number of phenolic OH excluding ortho intramolecular Hbond substituents is 1. The molecule has 1 nitrogen and oxygen atoms in total. The Bertz CT molecular complexity index is 1610. The first kappa shape index (κ1) is 16.0. The molecule has 0 radical (unpaired) electrons. The van der Waals surface area contributed by atoms with Crippen LogP contribution < -0.4 is 0 Å².